The molecule has 2 saturated heterocycles. The second-order valence-corrected chi connectivity index (χ2v) is 11.3. The van der Waals surface area contributed by atoms with Crippen molar-refractivity contribution in [3.05, 3.63) is 75.8 Å². The summed E-state index contributed by atoms with van der Waals surface area (Å²) in [5.74, 6) is -4.82. The summed E-state index contributed by atoms with van der Waals surface area (Å²) in [5, 5.41) is 15.8. The first-order valence-corrected chi connectivity index (χ1v) is 14.3. The van der Waals surface area contributed by atoms with Gasteiger partial charge in [0.05, 0.1) is 24.3 Å². The molecule has 2 atom stereocenters. The average Bonchev–Trinajstić information content (AvgIpc) is 3.46. The van der Waals surface area contributed by atoms with E-state index in [4.69, 9.17) is 32.7 Å². The molecule has 214 valence electrons. The third-order valence-corrected chi connectivity index (χ3v) is 8.09. The number of halogens is 4. The van der Waals surface area contributed by atoms with E-state index >= 15 is 8.78 Å². The Morgan fingerprint density at radius 2 is 1.75 bits per heavy atom. The van der Waals surface area contributed by atoms with Crippen LogP contribution >= 0.6 is 23.2 Å². The third kappa shape index (κ3) is 6.69. The highest BCUT2D eigenvalue weighted by Gasteiger charge is 2.43. The molecule has 0 saturated carbocycles. The summed E-state index contributed by atoms with van der Waals surface area (Å²) < 4.78 is 42.3. The first-order valence-electron chi connectivity index (χ1n) is 13.5. The standard InChI is InChI=1S/C30H32Cl2F2N2O4/c31-23-7-4-19-15-22(6-3-20(19)16-23)30(33,34)29(38)35-26(18-36-11-1-2-12-36)28(37)21-5-8-27(25(32)17-21)40-24-9-13-39-14-10-24/h3-8,15-17,24,26,28,37H,1-2,9-14,18H2,(H,35,38). The summed E-state index contributed by atoms with van der Waals surface area (Å²) in [6.45, 7) is 2.99. The van der Waals surface area contributed by atoms with Crippen molar-refractivity contribution in [1.82, 2.24) is 10.2 Å². The van der Waals surface area contributed by atoms with Crippen molar-refractivity contribution in [3.8, 4) is 5.75 Å². The highest BCUT2D eigenvalue weighted by atomic mass is 35.5. The Morgan fingerprint density at radius 1 is 1.05 bits per heavy atom. The number of hydrogen-bond acceptors (Lipinski definition) is 5. The lowest BCUT2D eigenvalue weighted by Gasteiger charge is -2.30. The summed E-state index contributed by atoms with van der Waals surface area (Å²) in [7, 11) is 0. The van der Waals surface area contributed by atoms with E-state index in [0.717, 1.165) is 38.8 Å². The van der Waals surface area contributed by atoms with Gasteiger partial charge in [0, 0.05) is 30.0 Å². The molecule has 2 aliphatic heterocycles. The van der Waals surface area contributed by atoms with Crippen LogP contribution in [-0.2, 0) is 15.5 Å². The number of nitrogens with zero attached hydrogens (tertiary/aromatic N) is 1. The van der Waals surface area contributed by atoms with Crippen LogP contribution in [0.25, 0.3) is 10.8 Å². The second-order valence-electron chi connectivity index (χ2n) is 10.4. The number of benzene rings is 3. The second kappa shape index (κ2) is 12.6. The van der Waals surface area contributed by atoms with E-state index < -0.39 is 29.5 Å². The molecule has 2 aliphatic rings. The smallest absolute Gasteiger partial charge is 0.349 e. The number of fused-ring (bicyclic) bond motifs is 1. The monoisotopic (exact) mass is 592 g/mol. The summed E-state index contributed by atoms with van der Waals surface area (Å²) in [6.07, 6.45) is 2.16. The van der Waals surface area contributed by atoms with E-state index in [9.17, 15) is 9.90 Å². The average molecular weight is 593 g/mol. The number of nitrogens with one attached hydrogen (secondary N) is 1. The van der Waals surface area contributed by atoms with Gasteiger partial charge in [-0.05, 0) is 72.6 Å². The van der Waals surface area contributed by atoms with Gasteiger partial charge in [-0.25, -0.2) is 0 Å². The van der Waals surface area contributed by atoms with E-state index in [1.807, 2.05) is 0 Å². The minimum absolute atomic E-state index is 0.0152. The van der Waals surface area contributed by atoms with Gasteiger partial charge in [0.15, 0.2) is 0 Å². The predicted molar refractivity (Wildman–Crippen MR) is 151 cm³/mol. The zero-order chi connectivity index (χ0) is 28.3. The molecule has 0 spiro atoms. The molecular weight excluding hydrogens is 561 g/mol. The van der Waals surface area contributed by atoms with Gasteiger partial charge in [0.25, 0.3) is 5.91 Å². The van der Waals surface area contributed by atoms with E-state index in [1.54, 1.807) is 36.4 Å². The van der Waals surface area contributed by atoms with Crippen LogP contribution in [0, 0.1) is 0 Å². The first kappa shape index (κ1) is 29.0. The van der Waals surface area contributed by atoms with Crippen molar-refractivity contribution in [2.45, 2.75) is 49.9 Å². The van der Waals surface area contributed by atoms with Crippen LogP contribution in [0.5, 0.6) is 5.75 Å². The van der Waals surface area contributed by atoms with Gasteiger partial charge < -0.3 is 24.8 Å². The van der Waals surface area contributed by atoms with E-state index in [2.05, 4.69) is 10.2 Å². The number of alkyl halides is 2. The van der Waals surface area contributed by atoms with Gasteiger partial charge in [0.2, 0.25) is 0 Å². The molecule has 2 unspecified atom stereocenters. The van der Waals surface area contributed by atoms with Gasteiger partial charge in [-0.1, -0.05) is 47.5 Å². The lowest BCUT2D eigenvalue weighted by molar-refractivity contribution is -0.149. The van der Waals surface area contributed by atoms with Gasteiger partial charge in [0.1, 0.15) is 18.0 Å². The Kier molecular flexibility index (Phi) is 9.12. The van der Waals surface area contributed by atoms with Crippen LogP contribution in [0.4, 0.5) is 8.78 Å². The molecular formula is C30H32Cl2F2N2O4. The topological polar surface area (TPSA) is 71.0 Å². The van der Waals surface area contributed by atoms with Crippen molar-refractivity contribution in [1.29, 1.82) is 0 Å². The summed E-state index contributed by atoms with van der Waals surface area (Å²) in [5.41, 5.74) is -0.0355. The SMILES string of the molecule is O=C(NC(CN1CCCC1)C(O)c1ccc(OC2CCOCC2)c(Cl)c1)C(F)(F)c1ccc2cc(Cl)ccc2c1. The van der Waals surface area contributed by atoms with Crippen LogP contribution in [0.1, 0.15) is 42.9 Å². The molecule has 2 fully saturated rings. The Balaban J connectivity index is 1.34. The molecule has 40 heavy (non-hydrogen) atoms. The summed E-state index contributed by atoms with van der Waals surface area (Å²) in [6, 6.07) is 12.8. The number of likely N-dealkylation sites (tertiary alicyclic amines) is 1. The lowest BCUT2D eigenvalue weighted by atomic mass is 9.99. The largest absolute Gasteiger partial charge is 0.489 e. The van der Waals surface area contributed by atoms with Gasteiger partial charge in [-0.2, -0.15) is 8.78 Å². The maximum Gasteiger partial charge on any atom is 0.349 e. The maximum absolute atomic E-state index is 15.5. The Labute approximate surface area is 242 Å². The van der Waals surface area contributed by atoms with E-state index in [-0.39, 0.29) is 12.6 Å². The van der Waals surface area contributed by atoms with Gasteiger partial charge >= 0.3 is 5.92 Å². The zero-order valence-electron chi connectivity index (χ0n) is 21.9. The minimum Gasteiger partial charge on any atom is -0.489 e. The fourth-order valence-corrected chi connectivity index (χ4v) is 5.69. The molecule has 3 aromatic rings. The normalized spacial score (nSPS) is 18.5. The molecule has 2 N–H and O–H groups in total. The van der Waals surface area contributed by atoms with Crippen molar-refractivity contribution in [3.63, 3.8) is 0 Å². The molecule has 2 heterocycles. The summed E-state index contributed by atoms with van der Waals surface area (Å²) in [4.78, 5) is 15.1. The van der Waals surface area contributed by atoms with Gasteiger partial charge in [-0.15, -0.1) is 0 Å². The number of amides is 1. The number of carbonyl (C=O) groups is 1. The molecule has 3 aromatic carbocycles. The summed E-state index contributed by atoms with van der Waals surface area (Å²) >= 11 is 12.5. The Bertz CT molecular complexity index is 1350. The number of hydrogen-bond donors (Lipinski definition) is 2. The van der Waals surface area contributed by atoms with Crippen LogP contribution in [-0.4, -0.2) is 60.9 Å². The molecule has 0 bridgehead atoms. The van der Waals surface area contributed by atoms with Crippen molar-refractivity contribution >= 4 is 39.9 Å². The zero-order valence-corrected chi connectivity index (χ0v) is 23.4. The third-order valence-electron chi connectivity index (χ3n) is 7.56. The molecule has 5 rings (SSSR count). The van der Waals surface area contributed by atoms with E-state index in [1.165, 1.54) is 18.2 Å². The van der Waals surface area contributed by atoms with Crippen LogP contribution < -0.4 is 10.1 Å². The van der Waals surface area contributed by atoms with Crippen LogP contribution in [0.3, 0.4) is 0 Å². The number of aliphatic hydroxyl groups excluding tert-OH is 1. The Hall–Kier alpha value is -2.49. The highest BCUT2D eigenvalue weighted by Crippen LogP contribution is 2.34. The molecule has 0 aliphatic carbocycles. The number of carbonyl (C=O) groups excluding carboxylic acids is 1. The molecule has 10 heteroatoms. The van der Waals surface area contributed by atoms with Crippen LogP contribution in [0.2, 0.25) is 10.0 Å². The highest BCUT2D eigenvalue weighted by molar-refractivity contribution is 6.32. The fraction of sp³-hybridized carbons (Fsp3) is 0.433. The molecule has 1 amide bonds. The van der Waals surface area contributed by atoms with Crippen molar-refractivity contribution in [2.24, 2.45) is 0 Å². The predicted octanol–water partition coefficient (Wildman–Crippen LogP) is 6.11. The van der Waals surface area contributed by atoms with Gasteiger partial charge in [-0.3, -0.25) is 4.79 Å². The first-order chi connectivity index (χ1) is 19.2. The lowest BCUT2D eigenvalue weighted by Crippen LogP contribution is -2.50. The van der Waals surface area contributed by atoms with Crippen LogP contribution in [0.15, 0.2) is 54.6 Å². The Morgan fingerprint density at radius 3 is 2.48 bits per heavy atom. The molecule has 6 nitrogen and oxygen atoms in total. The molecule has 0 radical (unpaired) electrons. The molecule has 0 aromatic heterocycles. The fourth-order valence-electron chi connectivity index (χ4n) is 5.27. The number of ether oxygens (including phenoxy) is 2. The van der Waals surface area contributed by atoms with Crippen molar-refractivity contribution in [2.75, 3.05) is 32.8 Å². The quantitative estimate of drug-likeness (QED) is 0.314. The van der Waals surface area contributed by atoms with Crippen molar-refractivity contribution < 1.29 is 28.2 Å². The van der Waals surface area contributed by atoms with E-state index in [0.29, 0.717) is 45.3 Å². The minimum atomic E-state index is -3.82. The maximum atomic E-state index is 15.5. The number of rotatable bonds is 9. The number of aliphatic hydroxyl groups is 1.